The van der Waals surface area contributed by atoms with Crippen molar-refractivity contribution in [3.8, 4) is 17.7 Å². The fourth-order valence-electron chi connectivity index (χ4n) is 4.76. The smallest absolute Gasteiger partial charge is 0.266 e. The third-order valence-corrected chi connectivity index (χ3v) is 6.41. The molecule has 2 saturated heterocycles. The molecule has 2 unspecified atom stereocenters. The zero-order valence-corrected chi connectivity index (χ0v) is 20.5. The number of oxazole rings is 1. The van der Waals surface area contributed by atoms with Gasteiger partial charge in [-0.1, -0.05) is 0 Å². The fraction of sp³-hybridized carbons (Fsp3) is 0.423. The molecule has 2 aromatic heterocycles. The van der Waals surface area contributed by atoms with E-state index >= 15 is 0 Å². The van der Waals surface area contributed by atoms with Gasteiger partial charge in [0.05, 0.1) is 25.0 Å². The van der Waals surface area contributed by atoms with Crippen LogP contribution in [-0.4, -0.2) is 73.8 Å². The van der Waals surface area contributed by atoms with Crippen LogP contribution in [0.15, 0.2) is 51.5 Å². The van der Waals surface area contributed by atoms with Crippen LogP contribution in [0.3, 0.4) is 0 Å². The lowest BCUT2D eigenvalue weighted by Gasteiger charge is -2.37. The number of anilines is 3. The predicted molar refractivity (Wildman–Crippen MR) is 135 cm³/mol. The van der Waals surface area contributed by atoms with E-state index in [0.717, 1.165) is 24.5 Å². The molecule has 2 fully saturated rings. The number of nitrogens with one attached hydrogen (secondary N) is 1. The molecule has 3 aromatic rings. The molecule has 4 heterocycles. The number of carbonyl (C=O) groups is 1. The van der Waals surface area contributed by atoms with E-state index in [-0.39, 0.29) is 29.7 Å². The van der Waals surface area contributed by atoms with E-state index in [0.29, 0.717) is 44.4 Å². The van der Waals surface area contributed by atoms with Crippen LogP contribution < -0.4 is 15.1 Å². The summed E-state index contributed by atoms with van der Waals surface area (Å²) in [4.78, 5) is 23.3. The maximum Gasteiger partial charge on any atom is 0.266 e. The van der Waals surface area contributed by atoms with Crippen LogP contribution in [-0.2, 0) is 9.53 Å². The summed E-state index contributed by atoms with van der Waals surface area (Å²) in [6.07, 6.45) is 1.93. The van der Waals surface area contributed by atoms with Gasteiger partial charge in [-0.15, -0.1) is 0 Å². The second-order valence-electron chi connectivity index (χ2n) is 9.28. The monoisotopic (exact) mass is 490 g/mol. The molecule has 2 atom stereocenters. The van der Waals surface area contributed by atoms with Gasteiger partial charge in [0.15, 0.2) is 5.76 Å². The molecule has 1 amide bonds. The molecule has 36 heavy (non-hydrogen) atoms. The molecule has 1 N–H and O–H groups in total. The highest BCUT2D eigenvalue weighted by Crippen LogP contribution is 2.29. The van der Waals surface area contributed by atoms with Gasteiger partial charge in [-0.2, -0.15) is 10.2 Å². The van der Waals surface area contributed by atoms with E-state index in [1.165, 1.54) is 6.26 Å². The van der Waals surface area contributed by atoms with E-state index < -0.39 is 0 Å². The molecule has 0 saturated carbocycles. The molecule has 5 rings (SSSR count). The molecule has 0 radical (unpaired) electrons. The van der Waals surface area contributed by atoms with Crippen molar-refractivity contribution < 1.29 is 18.4 Å². The highest BCUT2D eigenvalue weighted by Gasteiger charge is 2.26. The lowest BCUT2D eigenvalue weighted by Crippen LogP contribution is -2.48. The summed E-state index contributed by atoms with van der Waals surface area (Å²) >= 11 is 0. The number of furan rings is 1. The van der Waals surface area contributed by atoms with Crippen molar-refractivity contribution in [2.24, 2.45) is 0 Å². The summed E-state index contributed by atoms with van der Waals surface area (Å²) < 4.78 is 17.0. The summed E-state index contributed by atoms with van der Waals surface area (Å²) in [7, 11) is 0. The minimum atomic E-state index is -0.0534. The van der Waals surface area contributed by atoms with Crippen LogP contribution in [0.25, 0.3) is 11.7 Å². The summed E-state index contributed by atoms with van der Waals surface area (Å²) in [5.41, 5.74) is 2.14. The zero-order valence-electron chi connectivity index (χ0n) is 20.5. The number of hydrogen-bond donors (Lipinski definition) is 1. The van der Waals surface area contributed by atoms with Crippen molar-refractivity contribution in [3.63, 3.8) is 0 Å². The molecule has 0 bridgehead atoms. The number of morpholine rings is 1. The number of ether oxygens (including phenoxy) is 1. The normalized spacial score (nSPS) is 20.8. The van der Waals surface area contributed by atoms with Gasteiger partial charge in [0.2, 0.25) is 17.5 Å². The lowest BCUT2D eigenvalue weighted by atomic mass is 10.2. The number of aromatic nitrogens is 1. The number of piperazine rings is 1. The summed E-state index contributed by atoms with van der Waals surface area (Å²) in [6, 6.07) is 13.6. The first-order chi connectivity index (χ1) is 17.5. The van der Waals surface area contributed by atoms with Gasteiger partial charge in [-0.25, -0.2) is 0 Å². The van der Waals surface area contributed by atoms with Gasteiger partial charge >= 0.3 is 0 Å². The Hall–Kier alpha value is -3.81. The Morgan fingerprint density at radius 1 is 1.08 bits per heavy atom. The van der Waals surface area contributed by atoms with Gasteiger partial charge in [0.1, 0.15) is 6.07 Å². The van der Waals surface area contributed by atoms with E-state index in [1.54, 1.807) is 12.1 Å². The largest absolute Gasteiger partial charge is 0.459 e. The molecule has 188 valence electrons. The standard InChI is InChI=1S/C26H30N6O4/c1-18-15-32(16-19(2)35-18)21-7-5-20(6-8-21)28-24(33)17-30-9-11-31(12-10-30)26-22(14-27)29-25(36-26)23-4-3-13-34-23/h3-8,13,18-19H,9-12,15-17H2,1-2H3,(H,28,33). The fourth-order valence-corrected chi connectivity index (χ4v) is 4.76. The first-order valence-electron chi connectivity index (χ1n) is 12.2. The third kappa shape index (κ3) is 5.37. The SMILES string of the molecule is CC1CN(c2ccc(NC(=O)CN3CCN(c4oc(-c5ccco5)nc4C#N)CC3)cc2)CC(C)O1. The van der Waals surface area contributed by atoms with Crippen molar-refractivity contribution in [2.45, 2.75) is 26.1 Å². The van der Waals surface area contributed by atoms with Crippen molar-refractivity contribution in [3.05, 3.63) is 48.4 Å². The summed E-state index contributed by atoms with van der Waals surface area (Å²) in [5, 5.41) is 12.5. The molecule has 10 nitrogen and oxygen atoms in total. The zero-order chi connectivity index (χ0) is 25.1. The molecule has 0 spiro atoms. The number of amides is 1. The summed E-state index contributed by atoms with van der Waals surface area (Å²) in [5.74, 6) is 1.16. The van der Waals surface area contributed by atoms with Crippen molar-refractivity contribution in [2.75, 3.05) is 60.9 Å². The molecular weight excluding hydrogens is 460 g/mol. The van der Waals surface area contributed by atoms with Crippen LogP contribution in [0, 0.1) is 11.3 Å². The highest BCUT2D eigenvalue weighted by molar-refractivity contribution is 5.92. The number of nitriles is 1. The number of rotatable bonds is 6. The number of benzene rings is 1. The summed E-state index contributed by atoms with van der Waals surface area (Å²) in [6.45, 7) is 8.77. The topological polar surface area (TPSA) is 111 Å². The Morgan fingerprint density at radius 3 is 2.44 bits per heavy atom. The third-order valence-electron chi connectivity index (χ3n) is 6.41. The number of nitrogens with zero attached hydrogens (tertiary/aromatic N) is 5. The molecule has 0 aliphatic carbocycles. The van der Waals surface area contributed by atoms with E-state index in [9.17, 15) is 10.1 Å². The second kappa shape index (κ2) is 10.4. The Bertz CT molecular complexity index is 1200. The van der Waals surface area contributed by atoms with Gasteiger partial charge in [-0.05, 0) is 50.2 Å². The maximum atomic E-state index is 12.7. The molecule has 2 aliphatic rings. The van der Waals surface area contributed by atoms with Crippen LogP contribution in [0.2, 0.25) is 0 Å². The quantitative estimate of drug-likeness (QED) is 0.557. The van der Waals surface area contributed by atoms with E-state index in [2.05, 4.69) is 40.0 Å². The van der Waals surface area contributed by atoms with Gasteiger partial charge in [-0.3, -0.25) is 9.69 Å². The van der Waals surface area contributed by atoms with Crippen LogP contribution >= 0.6 is 0 Å². The average molecular weight is 491 g/mol. The van der Waals surface area contributed by atoms with E-state index in [4.69, 9.17) is 13.6 Å². The maximum absolute atomic E-state index is 12.7. The Kier molecular flexibility index (Phi) is 6.93. The van der Waals surface area contributed by atoms with E-state index in [1.807, 2.05) is 29.2 Å². The van der Waals surface area contributed by atoms with Gasteiger partial charge in [0, 0.05) is 50.6 Å². The predicted octanol–water partition coefficient (Wildman–Crippen LogP) is 3.18. The van der Waals surface area contributed by atoms with Crippen LogP contribution in [0.1, 0.15) is 19.5 Å². The molecule has 10 heteroatoms. The lowest BCUT2D eigenvalue weighted by molar-refractivity contribution is -0.117. The highest BCUT2D eigenvalue weighted by atomic mass is 16.5. The van der Waals surface area contributed by atoms with Crippen LogP contribution in [0.4, 0.5) is 17.3 Å². The molecule has 2 aliphatic heterocycles. The average Bonchev–Trinajstić information content (AvgIpc) is 3.54. The Balaban J connectivity index is 1.12. The number of hydrogen-bond acceptors (Lipinski definition) is 9. The van der Waals surface area contributed by atoms with Crippen molar-refractivity contribution in [1.29, 1.82) is 5.26 Å². The first kappa shape index (κ1) is 23.9. The second-order valence-corrected chi connectivity index (χ2v) is 9.28. The van der Waals surface area contributed by atoms with Crippen molar-refractivity contribution >= 4 is 23.2 Å². The Labute approximate surface area is 210 Å². The minimum Gasteiger partial charge on any atom is -0.459 e. The van der Waals surface area contributed by atoms with Crippen LogP contribution in [0.5, 0.6) is 0 Å². The molecule has 1 aromatic carbocycles. The minimum absolute atomic E-state index is 0.0534. The first-order valence-corrected chi connectivity index (χ1v) is 12.2. The number of carbonyl (C=O) groups excluding carboxylic acids is 1. The Morgan fingerprint density at radius 2 is 1.81 bits per heavy atom. The van der Waals surface area contributed by atoms with Gasteiger partial charge in [0.25, 0.3) is 5.89 Å². The van der Waals surface area contributed by atoms with Gasteiger partial charge < -0.3 is 28.7 Å². The molecular formula is C26H30N6O4. The van der Waals surface area contributed by atoms with Crippen molar-refractivity contribution in [1.82, 2.24) is 9.88 Å².